The molecule has 5 heteroatoms. The topological polar surface area (TPSA) is 51.1 Å². The molecule has 0 N–H and O–H groups in total. The highest BCUT2D eigenvalue weighted by Gasteiger charge is 2.24. The molecule has 0 spiro atoms. The summed E-state index contributed by atoms with van der Waals surface area (Å²) in [4.78, 5) is 11.8. The van der Waals surface area contributed by atoms with Gasteiger partial charge in [0.15, 0.2) is 11.5 Å². The molecule has 3 rings (SSSR count). The van der Waals surface area contributed by atoms with Crippen LogP contribution in [0.15, 0.2) is 17.2 Å². The van der Waals surface area contributed by atoms with Crippen molar-refractivity contribution in [3.63, 3.8) is 0 Å². The van der Waals surface area contributed by atoms with E-state index in [1.54, 1.807) is 11.2 Å². The number of carbonyl (C=O) groups excluding carboxylic acids is 1. The second-order valence-electron chi connectivity index (χ2n) is 4.79. The summed E-state index contributed by atoms with van der Waals surface area (Å²) in [6.07, 6.45) is 2.95. The summed E-state index contributed by atoms with van der Waals surface area (Å²) < 4.78 is 10.8. The van der Waals surface area contributed by atoms with Crippen LogP contribution in [0.2, 0.25) is 0 Å². The Balaban J connectivity index is 1.97. The van der Waals surface area contributed by atoms with Gasteiger partial charge in [0, 0.05) is 12.0 Å². The SMILES string of the molecule is CCC(=O)N1N=Cc2cc3c(cc2CC1C)OCO3. The molecule has 1 aromatic rings. The molecule has 1 atom stereocenters. The summed E-state index contributed by atoms with van der Waals surface area (Å²) >= 11 is 0. The molecule has 100 valence electrons. The number of carbonyl (C=O) groups is 1. The first-order valence-corrected chi connectivity index (χ1v) is 6.47. The minimum Gasteiger partial charge on any atom is -0.454 e. The van der Waals surface area contributed by atoms with E-state index in [2.05, 4.69) is 5.10 Å². The van der Waals surface area contributed by atoms with E-state index < -0.39 is 0 Å². The number of hydrogen-bond acceptors (Lipinski definition) is 4. The Hall–Kier alpha value is -2.04. The van der Waals surface area contributed by atoms with E-state index in [4.69, 9.17) is 9.47 Å². The zero-order valence-corrected chi connectivity index (χ0v) is 11.0. The highest BCUT2D eigenvalue weighted by Crippen LogP contribution is 2.35. The summed E-state index contributed by atoms with van der Waals surface area (Å²) in [6.45, 7) is 4.12. The highest BCUT2D eigenvalue weighted by atomic mass is 16.7. The zero-order chi connectivity index (χ0) is 13.4. The maximum absolute atomic E-state index is 11.8. The first-order chi connectivity index (χ1) is 9.19. The molecule has 5 nitrogen and oxygen atoms in total. The number of fused-ring (bicyclic) bond motifs is 2. The van der Waals surface area contributed by atoms with E-state index in [0.717, 1.165) is 29.0 Å². The molecule has 0 radical (unpaired) electrons. The maximum atomic E-state index is 11.8. The second-order valence-corrected chi connectivity index (χ2v) is 4.79. The van der Waals surface area contributed by atoms with Gasteiger partial charge in [0.25, 0.3) is 0 Å². The molecule has 0 saturated carbocycles. The van der Waals surface area contributed by atoms with Crippen LogP contribution in [0.3, 0.4) is 0 Å². The number of hydrazone groups is 1. The lowest BCUT2D eigenvalue weighted by atomic mass is 10.0. The summed E-state index contributed by atoms with van der Waals surface area (Å²) in [5.41, 5.74) is 2.12. The van der Waals surface area contributed by atoms with Crippen molar-refractivity contribution in [2.75, 3.05) is 6.79 Å². The van der Waals surface area contributed by atoms with Gasteiger partial charge in [-0.1, -0.05) is 6.92 Å². The first kappa shape index (κ1) is 12.0. The van der Waals surface area contributed by atoms with Crippen molar-refractivity contribution in [2.45, 2.75) is 32.7 Å². The van der Waals surface area contributed by atoms with Crippen LogP contribution in [0, 0.1) is 0 Å². The van der Waals surface area contributed by atoms with Gasteiger partial charge < -0.3 is 9.47 Å². The summed E-state index contributed by atoms with van der Waals surface area (Å²) in [6, 6.07) is 3.96. The molecule has 0 aliphatic carbocycles. The van der Waals surface area contributed by atoms with E-state index in [-0.39, 0.29) is 18.7 Å². The van der Waals surface area contributed by atoms with Crippen LogP contribution in [-0.4, -0.2) is 30.0 Å². The predicted octanol–water partition coefficient (Wildman–Crippen LogP) is 1.93. The Morgan fingerprint density at radius 1 is 1.42 bits per heavy atom. The van der Waals surface area contributed by atoms with Crippen molar-refractivity contribution in [1.82, 2.24) is 5.01 Å². The Kier molecular flexibility index (Phi) is 2.89. The third-order valence-electron chi connectivity index (χ3n) is 3.45. The Labute approximate surface area is 111 Å². The molecule has 2 heterocycles. The fourth-order valence-electron chi connectivity index (χ4n) is 2.41. The number of amides is 1. The van der Waals surface area contributed by atoms with Gasteiger partial charge >= 0.3 is 0 Å². The van der Waals surface area contributed by atoms with Gasteiger partial charge in [0.1, 0.15) is 0 Å². The Morgan fingerprint density at radius 2 is 2.16 bits per heavy atom. The number of nitrogens with zero attached hydrogens (tertiary/aromatic N) is 2. The Bertz CT molecular complexity index is 554. The van der Waals surface area contributed by atoms with Crippen LogP contribution in [0.5, 0.6) is 11.5 Å². The first-order valence-electron chi connectivity index (χ1n) is 6.47. The van der Waals surface area contributed by atoms with Crippen LogP contribution in [-0.2, 0) is 11.2 Å². The molecule has 2 aliphatic rings. The van der Waals surface area contributed by atoms with Gasteiger partial charge in [-0.3, -0.25) is 4.79 Å². The van der Waals surface area contributed by atoms with Crippen LogP contribution < -0.4 is 9.47 Å². The van der Waals surface area contributed by atoms with E-state index >= 15 is 0 Å². The van der Waals surface area contributed by atoms with E-state index in [9.17, 15) is 4.79 Å². The van der Waals surface area contributed by atoms with Crippen LogP contribution >= 0.6 is 0 Å². The normalized spacial score (nSPS) is 20.1. The fourth-order valence-corrected chi connectivity index (χ4v) is 2.41. The van der Waals surface area contributed by atoms with Crippen LogP contribution in [0.4, 0.5) is 0 Å². The molecule has 1 aromatic carbocycles. The number of ether oxygens (including phenoxy) is 2. The summed E-state index contributed by atoms with van der Waals surface area (Å²) in [5.74, 6) is 1.55. The average molecular weight is 260 g/mol. The molecule has 19 heavy (non-hydrogen) atoms. The fraction of sp³-hybridized carbons (Fsp3) is 0.429. The van der Waals surface area contributed by atoms with Crippen LogP contribution in [0.1, 0.15) is 31.4 Å². The predicted molar refractivity (Wildman–Crippen MR) is 70.5 cm³/mol. The van der Waals surface area contributed by atoms with Gasteiger partial charge in [-0.05, 0) is 31.0 Å². The zero-order valence-electron chi connectivity index (χ0n) is 11.0. The quantitative estimate of drug-likeness (QED) is 0.775. The standard InChI is InChI=1S/C14H16N2O3/c1-3-14(17)16-9(2)4-10-5-12-13(19-8-18-12)6-11(10)7-15-16/h5-7,9H,3-4,8H2,1-2H3. The number of benzene rings is 1. The number of rotatable bonds is 1. The Morgan fingerprint density at radius 3 is 2.89 bits per heavy atom. The van der Waals surface area contributed by atoms with E-state index in [0.29, 0.717) is 6.42 Å². The summed E-state index contributed by atoms with van der Waals surface area (Å²) in [5, 5.41) is 5.87. The third-order valence-corrected chi connectivity index (χ3v) is 3.45. The van der Waals surface area contributed by atoms with Gasteiger partial charge in [0.05, 0.1) is 12.3 Å². The van der Waals surface area contributed by atoms with Gasteiger partial charge in [-0.15, -0.1) is 0 Å². The molecule has 0 saturated heterocycles. The minimum absolute atomic E-state index is 0.0385. The van der Waals surface area contributed by atoms with E-state index in [1.165, 1.54) is 0 Å². The smallest absolute Gasteiger partial charge is 0.242 e. The van der Waals surface area contributed by atoms with Crippen molar-refractivity contribution in [3.8, 4) is 11.5 Å². The maximum Gasteiger partial charge on any atom is 0.242 e. The minimum atomic E-state index is 0.0385. The van der Waals surface area contributed by atoms with Gasteiger partial charge in [-0.2, -0.15) is 5.10 Å². The van der Waals surface area contributed by atoms with Gasteiger partial charge in [0.2, 0.25) is 12.7 Å². The van der Waals surface area contributed by atoms with E-state index in [1.807, 2.05) is 26.0 Å². The molecule has 0 aromatic heterocycles. The molecular weight excluding hydrogens is 244 g/mol. The highest BCUT2D eigenvalue weighted by molar-refractivity contribution is 5.86. The average Bonchev–Trinajstić information content (AvgIpc) is 2.78. The molecule has 0 bridgehead atoms. The lowest BCUT2D eigenvalue weighted by Gasteiger charge is -2.22. The van der Waals surface area contributed by atoms with Crippen molar-refractivity contribution in [1.29, 1.82) is 0 Å². The lowest BCUT2D eigenvalue weighted by Crippen LogP contribution is -2.34. The molecule has 1 amide bonds. The van der Waals surface area contributed by atoms with Crippen molar-refractivity contribution in [2.24, 2.45) is 5.10 Å². The molecule has 0 fully saturated rings. The lowest BCUT2D eigenvalue weighted by molar-refractivity contribution is -0.132. The van der Waals surface area contributed by atoms with Crippen molar-refractivity contribution in [3.05, 3.63) is 23.3 Å². The van der Waals surface area contributed by atoms with Gasteiger partial charge in [-0.25, -0.2) is 5.01 Å². The summed E-state index contributed by atoms with van der Waals surface area (Å²) in [7, 11) is 0. The second kappa shape index (κ2) is 4.57. The molecule has 2 aliphatic heterocycles. The molecular formula is C14H16N2O3. The third kappa shape index (κ3) is 2.05. The van der Waals surface area contributed by atoms with Crippen molar-refractivity contribution >= 4 is 12.1 Å². The number of hydrogen-bond donors (Lipinski definition) is 0. The largest absolute Gasteiger partial charge is 0.454 e. The molecule has 1 unspecified atom stereocenters. The van der Waals surface area contributed by atoms with Crippen LogP contribution in [0.25, 0.3) is 0 Å². The van der Waals surface area contributed by atoms with Crippen molar-refractivity contribution < 1.29 is 14.3 Å². The monoisotopic (exact) mass is 260 g/mol.